The van der Waals surface area contributed by atoms with Crippen molar-refractivity contribution < 1.29 is 9.13 Å². The predicted molar refractivity (Wildman–Crippen MR) is 64.2 cm³/mol. The van der Waals surface area contributed by atoms with E-state index in [0.717, 1.165) is 5.56 Å². The highest BCUT2D eigenvalue weighted by atomic mass is 19.1. The molecule has 1 unspecified atom stereocenters. The minimum Gasteiger partial charge on any atom is -0.493 e. The molecule has 0 radical (unpaired) electrons. The molecular formula is C13H17FN2O. The molecule has 0 spiro atoms. The Morgan fingerprint density at radius 1 is 1.53 bits per heavy atom. The van der Waals surface area contributed by atoms with Gasteiger partial charge in [-0.15, -0.1) is 0 Å². The van der Waals surface area contributed by atoms with E-state index in [4.69, 9.17) is 10.00 Å². The minimum atomic E-state index is -0.313. The maximum absolute atomic E-state index is 13.1. The Hall–Kier alpha value is -1.60. The third-order valence-corrected chi connectivity index (χ3v) is 2.57. The van der Waals surface area contributed by atoms with E-state index in [0.29, 0.717) is 25.2 Å². The van der Waals surface area contributed by atoms with Crippen LogP contribution in [-0.2, 0) is 0 Å². The molecule has 0 aliphatic rings. The van der Waals surface area contributed by atoms with Crippen LogP contribution in [0.15, 0.2) is 18.2 Å². The van der Waals surface area contributed by atoms with Gasteiger partial charge < -0.3 is 10.1 Å². The molecule has 0 bridgehead atoms. The fourth-order valence-corrected chi connectivity index (χ4v) is 1.48. The Kier molecular flexibility index (Phi) is 5.44. The van der Waals surface area contributed by atoms with Gasteiger partial charge >= 0.3 is 0 Å². The van der Waals surface area contributed by atoms with Crippen molar-refractivity contribution in [3.63, 3.8) is 0 Å². The quantitative estimate of drug-likeness (QED) is 0.772. The van der Waals surface area contributed by atoms with Crippen LogP contribution in [0.5, 0.6) is 5.75 Å². The zero-order valence-electron chi connectivity index (χ0n) is 10.2. The highest BCUT2D eigenvalue weighted by Crippen LogP contribution is 2.26. The van der Waals surface area contributed by atoms with Crippen LogP contribution >= 0.6 is 0 Å². The third-order valence-electron chi connectivity index (χ3n) is 2.57. The van der Waals surface area contributed by atoms with Gasteiger partial charge in [-0.2, -0.15) is 5.26 Å². The molecule has 0 saturated carbocycles. The molecule has 1 aromatic rings. The maximum atomic E-state index is 13.1. The number of halogens is 1. The summed E-state index contributed by atoms with van der Waals surface area (Å²) in [4.78, 5) is 0. The summed E-state index contributed by atoms with van der Waals surface area (Å²) in [6.07, 6.45) is 1.10. The highest BCUT2D eigenvalue weighted by molar-refractivity contribution is 5.36. The van der Waals surface area contributed by atoms with Crippen LogP contribution in [0.1, 0.15) is 31.4 Å². The van der Waals surface area contributed by atoms with Crippen molar-refractivity contribution in [1.82, 2.24) is 5.32 Å². The summed E-state index contributed by atoms with van der Waals surface area (Å²) in [5.41, 5.74) is 0.922. The molecule has 0 heterocycles. The van der Waals surface area contributed by atoms with E-state index in [-0.39, 0.29) is 11.9 Å². The summed E-state index contributed by atoms with van der Waals surface area (Å²) in [6.45, 7) is 2.41. The minimum absolute atomic E-state index is 0.0987. The third kappa shape index (κ3) is 4.04. The van der Waals surface area contributed by atoms with Crippen LogP contribution in [0.25, 0.3) is 0 Å². The van der Waals surface area contributed by atoms with Crippen LogP contribution in [0.3, 0.4) is 0 Å². The smallest absolute Gasteiger partial charge is 0.126 e. The topological polar surface area (TPSA) is 45.0 Å². The molecule has 0 aromatic heterocycles. The number of benzene rings is 1. The molecule has 0 amide bonds. The van der Waals surface area contributed by atoms with Gasteiger partial charge in [-0.05, 0) is 26.5 Å². The summed E-state index contributed by atoms with van der Waals surface area (Å²) in [5.74, 6) is 0.233. The first kappa shape index (κ1) is 13.5. The zero-order valence-corrected chi connectivity index (χ0v) is 10.2. The van der Waals surface area contributed by atoms with Gasteiger partial charge in [0.1, 0.15) is 11.6 Å². The Morgan fingerprint density at radius 3 is 2.94 bits per heavy atom. The van der Waals surface area contributed by atoms with E-state index in [9.17, 15) is 4.39 Å². The van der Waals surface area contributed by atoms with Crippen molar-refractivity contribution in [3.8, 4) is 11.8 Å². The van der Waals surface area contributed by atoms with E-state index in [1.807, 2.05) is 20.0 Å². The van der Waals surface area contributed by atoms with Gasteiger partial charge in [-0.1, -0.05) is 6.07 Å². The van der Waals surface area contributed by atoms with Gasteiger partial charge in [0.05, 0.1) is 12.7 Å². The van der Waals surface area contributed by atoms with Crippen LogP contribution in [0.4, 0.5) is 4.39 Å². The van der Waals surface area contributed by atoms with Crippen molar-refractivity contribution in [1.29, 1.82) is 5.26 Å². The predicted octanol–water partition coefficient (Wildman–Crippen LogP) is 2.79. The summed E-state index contributed by atoms with van der Waals surface area (Å²) >= 11 is 0. The van der Waals surface area contributed by atoms with E-state index in [1.165, 1.54) is 12.1 Å². The van der Waals surface area contributed by atoms with E-state index >= 15 is 0 Å². The monoisotopic (exact) mass is 236 g/mol. The fraction of sp³-hybridized carbons (Fsp3) is 0.462. The van der Waals surface area contributed by atoms with E-state index in [1.54, 1.807) is 6.07 Å². The summed E-state index contributed by atoms with van der Waals surface area (Å²) < 4.78 is 18.6. The lowest BCUT2D eigenvalue weighted by Gasteiger charge is -2.16. The number of rotatable bonds is 6. The first-order valence-corrected chi connectivity index (χ1v) is 5.65. The van der Waals surface area contributed by atoms with Gasteiger partial charge in [0.15, 0.2) is 0 Å². The lowest BCUT2D eigenvalue weighted by Crippen LogP contribution is -2.14. The van der Waals surface area contributed by atoms with E-state index in [2.05, 4.69) is 5.32 Å². The number of unbranched alkanes of at least 4 members (excludes halogenated alkanes) is 1. The molecule has 1 rings (SSSR count). The van der Waals surface area contributed by atoms with Crippen molar-refractivity contribution >= 4 is 0 Å². The second-order valence-electron chi connectivity index (χ2n) is 3.80. The van der Waals surface area contributed by atoms with Gasteiger partial charge in [-0.25, -0.2) is 4.39 Å². The van der Waals surface area contributed by atoms with Gasteiger partial charge in [0, 0.05) is 24.1 Å². The molecule has 0 aliphatic heterocycles. The van der Waals surface area contributed by atoms with Crippen LogP contribution in [-0.4, -0.2) is 13.7 Å². The largest absolute Gasteiger partial charge is 0.493 e. The molecule has 1 aromatic carbocycles. The molecule has 17 heavy (non-hydrogen) atoms. The number of nitrogens with one attached hydrogen (secondary N) is 1. The first-order valence-electron chi connectivity index (χ1n) is 5.65. The Bertz CT molecular complexity index is 401. The molecule has 4 heteroatoms. The molecule has 0 aliphatic carbocycles. The van der Waals surface area contributed by atoms with Crippen molar-refractivity contribution in [2.75, 3.05) is 13.7 Å². The average Bonchev–Trinajstić information content (AvgIpc) is 2.34. The summed E-state index contributed by atoms with van der Waals surface area (Å²) in [7, 11) is 1.84. The molecule has 3 nitrogen and oxygen atoms in total. The Labute approximate surface area is 101 Å². The van der Waals surface area contributed by atoms with Crippen molar-refractivity contribution in [3.05, 3.63) is 29.6 Å². The second kappa shape index (κ2) is 6.87. The molecule has 92 valence electrons. The van der Waals surface area contributed by atoms with E-state index < -0.39 is 0 Å². The van der Waals surface area contributed by atoms with Crippen molar-refractivity contribution in [2.45, 2.75) is 25.8 Å². The molecule has 0 fully saturated rings. The summed E-state index contributed by atoms with van der Waals surface area (Å²) in [5, 5.41) is 11.5. The van der Waals surface area contributed by atoms with Crippen molar-refractivity contribution in [2.24, 2.45) is 0 Å². The lowest BCUT2D eigenvalue weighted by atomic mass is 10.1. The maximum Gasteiger partial charge on any atom is 0.126 e. The number of hydrogen-bond donors (Lipinski definition) is 1. The van der Waals surface area contributed by atoms with Gasteiger partial charge in [0.2, 0.25) is 0 Å². The fourth-order valence-electron chi connectivity index (χ4n) is 1.48. The zero-order chi connectivity index (χ0) is 12.7. The van der Waals surface area contributed by atoms with Gasteiger partial charge in [-0.3, -0.25) is 0 Å². The molecule has 1 atom stereocenters. The van der Waals surface area contributed by atoms with Crippen LogP contribution < -0.4 is 10.1 Å². The van der Waals surface area contributed by atoms with Crippen LogP contribution in [0.2, 0.25) is 0 Å². The summed E-state index contributed by atoms with van der Waals surface area (Å²) in [6, 6.07) is 6.67. The van der Waals surface area contributed by atoms with Gasteiger partial charge in [0.25, 0.3) is 0 Å². The molecule has 0 saturated heterocycles. The highest BCUT2D eigenvalue weighted by Gasteiger charge is 2.10. The number of ether oxygens (including phenoxy) is 1. The Balaban J connectivity index is 2.74. The number of nitrogens with zero attached hydrogens (tertiary/aromatic N) is 1. The molecular weight excluding hydrogens is 219 g/mol. The molecule has 1 N–H and O–H groups in total. The van der Waals surface area contributed by atoms with Crippen LogP contribution in [0, 0.1) is 17.1 Å². The standard InChI is InChI=1S/C13H17FN2O/c1-10(16-2)12-6-5-11(14)9-13(12)17-8-4-3-7-15/h5-6,9-10,16H,3-4,8H2,1-2H3. The SMILES string of the molecule is CNC(C)c1ccc(F)cc1OCCCC#N. The normalized spacial score (nSPS) is 11.9. The Morgan fingerprint density at radius 2 is 2.29 bits per heavy atom. The average molecular weight is 236 g/mol. The second-order valence-corrected chi connectivity index (χ2v) is 3.80. The number of hydrogen-bond acceptors (Lipinski definition) is 3. The first-order chi connectivity index (χ1) is 8.19. The number of nitriles is 1. The lowest BCUT2D eigenvalue weighted by molar-refractivity contribution is 0.305.